The Morgan fingerprint density at radius 1 is 1.18 bits per heavy atom. The van der Waals surface area contributed by atoms with Gasteiger partial charge in [-0.1, -0.05) is 53.3 Å². The van der Waals surface area contributed by atoms with Gasteiger partial charge < -0.3 is 5.73 Å². The summed E-state index contributed by atoms with van der Waals surface area (Å²) >= 11 is 1.54. The highest BCUT2D eigenvalue weighted by atomic mass is 32.2. The van der Waals surface area contributed by atoms with Gasteiger partial charge in [0.25, 0.3) is 5.91 Å². The maximum atomic E-state index is 13.0. The third-order valence-electron chi connectivity index (χ3n) is 5.22. The van der Waals surface area contributed by atoms with Crippen molar-refractivity contribution >= 4 is 29.2 Å². The number of allylic oxidation sites excluding steroid dienone is 1. The SMILES string of the molecule is Cc1ccc(SCc2c(C(=O)NNC3=CCc4ccccc43)nnn2-c2nonc2N)cc1. The summed E-state index contributed by atoms with van der Waals surface area (Å²) in [4.78, 5) is 14.1. The molecule has 0 spiro atoms. The van der Waals surface area contributed by atoms with Crippen LogP contribution < -0.4 is 16.6 Å². The molecule has 0 bridgehead atoms. The first-order chi connectivity index (χ1) is 16.1. The van der Waals surface area contributed by atoms with E-state index in [0.29, 0.717) is 11.4 Å². The van der Waals surface area contributed by atoms with Crippen LogP contribution in [0.4, 0.5) is 5.82 Å². The molecule has 4 aromatic rings. The Hall–Kier alpha value is -4.12. The van der Waals surface area contributed by atoms with Crippen LogP contribution in [0.3, 0.4) is 0 Å². The van der Waals surface area contributed by atoms with Gasteiger partial charge in [-0.15, -0.1) is 16.9 Å². The molecular formula is C22H20N8O2S. The fraction of sp³-hybridized carbons (Fsp3) is 0.136. The first-order valence-electron chi connectivity index (χ1n) is 10.2. The number of anilines is 1. The van der Waals surface area contributed by atoms with Crippen LogP contribution in [0.5, 0.6) is 0 Å². The van der Waals surface area contributed by atoms with Gasteiger partial charge in [-0.2, -0.15) is 4.68 Å². The number of nitrogens with one attached hydrogen (secondary N) is 2. The van der Waals surface area contributed by atoms with E-state index in [1.807, 2.05) is 55.5 Å². The molecule has 1 aliphatic rings. The Bertz CT molecular complexity index is 1340. The molecule has 1 aliphatic carbocycles. The quantitative estimate of drug-likeness (QED) is 0.281. The van der Waals surface area contributed by atoms with Gasteiger partial charge in [0.2, 0.25) is 11.6 Å². The van der Waals surface area contributed by atoms with E-state index in [1.54, 1.807) is 0 Å². The molecule has 0 aliphatic heterocycles. The van der Waals surface area contributed by atoms with E-state index >= 15 is 0 Å². The molecule has 166 valence electrons. The third-order valence-corrected chi connectivity index (χ3v) is 6.24. The lowest BCUT2D eigenvalue weighted by Crippen LogP contribution is -2.36. The summed E-state index contributed by atoms with van der Waals surface area (Å²) in [6.07, 6.45) is 2.83. The minimum absolute atomic E-state index is 0.0549. The van der Waals surface area contributed by atoms with Gasteiger partial charge in [-0.25, -0.2) is 4.63 Å². The summed E-state index contributed by atoms with van der Waals surface area (Å²) in [5, 5.41) is 15.6. The number of benzene rings is 2. The van der Waals surface area contributed by atoms with Crippen molar-refractivity contribution in [1.82, 2.24) is 36.2 Å². The molecule has 10 nitrogen and oxygen atoms in total. The topological polar surface area (TPSA) is 137 Å². The molecule has 0 saturated heterocycles. The largest absolute Gasteiger partial charge is 0.378 e. The number of carbonyl (C=O) groups excluding carboxylic acids is 1. The van der Waals surface area contributed by atoms with Crippen molar-refractivity contribution in [2.45, 2.75) is 24.0 Å². The summed E-state index contributed by atoms with van der Waals surface area (Å²) < 4.78 is 6.09. The zero-order valence-corrected chi connectivity index (χ0v) is 18.5. The number of amides is 1. The zero-order chi connectivity index (χ0) is 22.8. The predicted molar refractivity (Wildman–Crippen MR) is 123 cm³/mol. The molecule has 4 N–H and O–H groups in total. The van der Waals surface area contributed by atoms with Crippen LogP contribution in [0, 0.1) is 6.92 Å². The summed E-state index contributed by atoms with van der Waals surface area (Å²) in [7, 11) is 0. The summed E-state index contributed by atoms with van der Waals surface area (Å²) in [6, 6.07) is 16.1. The second-order valence-electron chi connectivity index (χ2n) is 7.43. The molecule has 0 fully saturated rings. The number of nitrogens with zero attached hydrogens (tertiary/aromatic N) is 5. The highest BCUT2D eigenvalue weighted by Crippen LogP contribution is 2.27. The lowest BCUT2D eigenvalue weighted by atomic mass is 10.1. The number of thioether (sulfide) groups is 1. The fourth-order valence-corrected chi connectivity index (χ4v) is 4.38. The van der Waals surface area contributed by atoms with Gasteiger partial charge in [0.15, 0.2) is 5.69 Å². The molecule has 2 aromatic carbocycles. The Labute approximate surface area is 193 Å². The first kappa shape index (κ1) is 20.8. The van der Waals surface area contributed by atoms with Crippen molar-refractivity contribution in [3.8, 4) is 5.82 Å². The molecule has 0 unspecified atom stereocenters. The lowest BCUT2D eigenvalue weighted by molar-refractivity contribution is 0.0936. The highest BCUT2D eigenvalue weighted by Gasteiger charge is 2.24. The van der Waals surface area contributed by atoms with Gasteiger partial charge >= 0.3 is 0 Å². The Balaban J connectivity index is 1.38. The number of nitrogens with two attached hydrogens (primary N) is 1. The number of nitrogen functional groups attached to an aromatic ring is 1. The standard InChI is InChI=1S/C22H20N8O2S/c1-13-6-9-15(10-7-13)33-12-18-19(25-29-30(18)21-20(23)27-32-28-21)22(31)26-24-17-11-8-14-4-2-3-5-16(14)17/h2-7,9-11,24H,8,12H2,1H3,(H2,23,27)(H,26,31). The molecule has 0 saturated carbocycles. The zero-order valence-electron chi connectivity index (χ0n) is 17.6. The van der Waals surface area contributed by atoms with Crippen molar-refractivity contribution in [3.05, 3.63) is 82.7 Å². The van der Waals surface area contributed by atoms with Crippen LogP contribution in [0.15, 0.2) is 64.1 Å². The van der Waals surface area contributed by atoms with Crippen molar-refractivity contribution < 1.29 is 9.42 Å². The summed E-state index contributed by atoms with van der Waals surface area (Å²) in [6.45, 7) is 2.03. The lowest BCUT2D eigenvalue weighted by Gasteiger charge is -2.11. The van der Waals surface area contributed by atoms with E-state index in [4.69, 9.17) is 10.4 Å². The van der Waals surface area contributed by atoms with Crippen LogP contribution in [-0.4, -0.2) is 31.2 Å². The van der Waals surface area contributed by atoms with E-state index in [0.717, 1.165) is 22.6 Å². The van der Waals surface area contributed by atoms with E-state index in [-0.39, 0.29) is 17.3 Å². The predicted octanol–water partition coefficient (Wildman–Crippen LogP) is 2.66. The normalized spacial score (nSPS) is 12.3. The van der Waals surface area contributed by atoms with Crippen LogP contribution >= 0.6 is 11.8 Å². The molecule has 11 heteroatoms. The van der Waals surface area contributed by atoms with E-state index in [2.05, 4.69) is 37.5 Å². The van der Waals surface area contributed by atoms with Crippen molar-refractivity contribution in [2.75, 3.05) is 5.73 Å². The molecule has 0 radical (unpaired) electrons. The number of hydrazine groups is 1. The monoisotopic (exact) mass is 460 g/mol. The highest BCUT2D eigenvalue weighted by molar-refractivity contribution is 7.98. The average molecular weight is 461 g/mol. The first-order valence-corrected chi connectivity index (χ1v) is 11.2. The Morgan fingerprint density at radius 2 is 2.00 bits per heavy atom. The number of carbonyl (C=O) groups is 1. The molecular weight excluding hydrogens is 440 g/mol. The number of hydrogen-bond acceptors (Lipinski definition) is 9. The fourth-order valence-electron chi connectivity index (χ4n) is 3.49. The van der Waals surface area contributed by atoms with Crippen molar-refractivity contribution in [2.24, 2.45) is 0 Å². The minimum Gasteiger partial charge on any atom is -0.378 e. The van der Waals surface area contributed by atoms with Crippen LogP contribution in [-0.2, 0) is 12.2 Å². The smallest absolute Gasteiger partial charge is 0.292 e. The van der Waals surface area contributed by atoms with Gasteiger partial charge in [-0.05, 0) is 41.4 Å². The van der Waals surface area contributed by atoms with Crippen LogP contribution in [0.2, 0.25) is 0 Å². The summed E-state index contributed by atoms with van der Waals surface area (Å²) in [5.41, 5.74) is 16.5. The van der Waals surface area contributed by atoms with Gasteiger partial charge in [0.05, 0.1) is 11.4 Å². The third kappa shape index (κ3) is 4.17. The maximum absolute atomic E-state index is 13.0. The molecule has 0 atom stereocenters. The second kappa shape index (κ2) is 8.79. The van der Waals surface area contributed by atoms with Crippen molar-refractivity contribution in [1.29, 1.82) is 0 Å². The van der Waals surface area contributed by atoms with Crippen LogP contribution in [0.25, 0.3) is 11.5 Å². The van der Waals surface area contributed by atoms with Crippen molar-refractivity contribution in [3.63, 3.8) is 0 Å². The van der Waals surface area contributed by atoms with Gasteiger partial charge in [-0.3, -0.25) is 15.6 Å². The number of hydrogen-bond donors (Lipinski definition) is 3. The van der Waals surface area contributed by atoms with Gasteiger partial charge in [0.1, 0.15) is 0 Å². The molecule has 5 rings (SSSR count). The molecule has 1 amide bonds. The number of rotatable bonds is 7. The number of aromatic nitrogens is 5. The van der Waals surface area contributed by atoms with Gasteiger partial charge in [0, 0.05) is 16.2 Å². The Kier molecular flexibility index (Phi) is 5.53. The number of fused-ring (bicyclic) bond motifs is 1. The van der Waals surface area contributed by atoms with E-state index in [9.17, 15) is 4.79 Å². The van der Waals surface area contributed by atoms with E-state index < -0.39 is 5.91 Å². The molecule has 2 heterocycles. The Morgan fingerprint density at radius 3 is 2.79 bits per heavy atom. The maximum Gasteiger partial charge on any atom is 0.292 e. The number of aryl methyl sites for hydroxylation is 1. The summed E-state index contributed by atoms with van der Waals surface area (Å²) in [5.74, 6) is 0.207. The van der Waals surface area contributed by atoms with E-state index in [1.165, 1.54) is 27.6 Å². The second-order valence-corrected chi connectivity index (χ2v) is 8.48. The average Bonchev–Trinajstić information content (AvgIpc) is 3.55. The minimum atomic E-state index is -0.430. The van der Waals surface area contributed by atoms with Crippen LogP contribution in [0.1, 0.15) is 32.9 Å². The molecule has 2 aromatic heterocycles. The molecule has 33 heavy (non-hydrogen) atoms.